The van der Waals surface area contributed by atoms with Crippen LogP contribution in [0.2, 0.25) is 0 Å². The summed E-state index contributed by atoms with van der Waals surface area (Å²) in [7, 11) is 0. The van der Waals surface area contributed by atoms with Crippen LogP contribution < -0.4 is 16.0 Å². The van der Waals surface area contributed by atoms with Crippen LogP contribution in [0.1, 0.15) is 22.3 Å². The lowest BCUT2D eigenvalue weighted by atomic mass is 10.0. The molecular weight excluding hydrogens is 485 g/mol. The highest BCUT2D eigenvalue weighted by molar-refractivity contribution is 7.98. The molecule has 0 radical (unpaired) electrons. The molecule has 4 rings (SSSR count). The van der Waals surface area contributed by atoms with Crippen LogP contribution in [0.25, 0.3) is 11.3 Å². The highest BCUT2D eigenvalue weighted by atomic mass is 32.2. The first kappa shape index (κ1) is 25.4. The zero-order valence-corrected chi connectivity index (χ0v) is 20.8. The molecule has 0 aliphatic rings. The van der Waals surface area contributed by atoms with Crippen molar-refractivity contribution in [3.05, 3.63) is 105 Å². The van der Waals surface area contributed by atoms with Crippen molar-refractivity contribution in [1.29, 1.82) is 0 Å². The molecule has 4 nitrogen and oxygen atoms in total. The number of hydrogen-bond acceptors (Lipinski definition) is 4. The fourth-order valence-corrected chi connectivity index (χ4v) is 4.37. The molecule has 0 saturated carbocycles. The summed E-state index contributed by atoms with van der Waals surface area (Å²) >= 11 is 1.62. The van der Waals surface area contributed by atoms with E-state index in [4.69, 9.17) is 10.5 Å². The zero-order valence-electron chi connectivity index (χ0n) is 20.0. The van der Waals surface area contributed by atoms with Crippen molar-refractivity contribution in [3.63, 3.8) is 0 Å². The van der Waals surface area contributed by atoms with E-state index in [9.17, 15) is 18.0 Å². The quantitative estimate of drug-likeness (QED) is 0.277. The number of nitrogens with zero attached hydrogens (tertiary/aromatic N) is 1. The summed E-state index contributed by atoms with van der Waals surface area (Å²) in [6.07, 6.45) is -2.78. The first-order chi connectivity index (χ1) is 17.1. The second-order valence-electron chi connectivity index (χ2n) is 8.48. The van der Waals surface area contributed by atoms with Crippen molar-refractivity contribution in [2.75, 3.05) is 12.0 Å². The average molecular weight is 511 g/mol. The number of thioether (sulfide) groups is 1. The van der Waals surface area contributed by atoms with E-state index in [1.807, 2.05) is 62.6 Å². The molecule has 0 bridgehead atoms. The van der Waals surface area contributed by atoms with Crippen LogP contribution in [-0.4, -0.2) is 10.8 Å². The third kappa shape index (κ3) is 5.44. The number of halogens is 3. The van der Waals surface area contributed by atoms with Gasteiger partial charge in [-0.15, -0.1) is 11.8 Å². The number of nitrogens with two attached hydrogens (primary N) is 1. The number of benzene rings is 3. The maximum atomic E-state index is 13.7. The summed E-state index contributed by atoms with van der Waals surface area (Å²) < 4.78 is 48.3. The van der Waals surface area contributed by atoms with E-state index in [1.54, 1.807) is 36.0 Å². The highest BCUT2D eigenvalue weighted by Gasteiger charge is 2.35. The van der Waals surface area contributed by atoms with E-state index >= 15 is 0 Å². The van der Waals surface area contributed by atoms with Gasteiger partial charge in [0.1, 0.15) is 17.2 Å². The molecule has 3 aromatic carbocycles. The largest absolute Gasteiger partial charge is 0.457 e. The first-order valence-electron chi connectivity index (χ1n) is 11.2. The standard InChI is InChI=1S/C28H25F3N2O2S/c1-17-4-5-20(18(2)14-17)16-33-25(15-24(28(29,30)31)26(32)27(33)34)19-6-8-21(9-7-19)35-22-10-12-23(36-3)13-11-22/h4-15H,16,32H2,1-3H3. The van der Waals surface area contributed by atoms with Crippen molar-refractivity contribution in [3.8, 4) is 22.8 Å². The second-order valence-corrected chi connectivity index (χ2v) is 9.36. The fraction of sp³-hybridized carbons (Fsp3) is 0.179. The van der Waals surface area contributed by atoms with Gasteiger partial charge in [-0.25, -0.2) is 0 Å². The molecule has 0 aliphatic carbocycles. The normalized spacial score (nSPS) is 11.5. The summed E-state index contributed by atoms with van der Waals surface area (Å²) in [5.74, 6) is 1.16. The van der Waals surface area contributed by atoms with Gasteiger partial charge in [-0.3, -0.25) is 4.79 Å². The lowest BCUT2D eigenvalue weighted by molar-refractivity contribution is -0.137. The first-order valence-corrected chi connectivity index (χ1v) is 12.4. The van der Waals surface area contributed by atoms with Crippen LogP contribution in [-0.2, 0) is 12.7 Å². The Hall–Kier alpha value is -3.65. The van der Waals surface area contributed by atoms with Gasteiger partial charge in [-0.05, 0) is 91.4 Å². The summed E-state index contributed by atoms with van der Waals surface area (Å²) in [5.41, 5.74) is 6.21. The molecule has 36 heavy (non-hydrogen) atoms. The molecule has 0 saturated heterocycles. The number of hydrogen-bond donors (Lipinski definition) is 1. The molecule has 4 aromatic rings. The number of alkyl halides is 3. The molecule has 0 amide bonds. The minimum Gasteiger partial charge on any atom is -0.457 e. The van der Waals surface area contributed by atoms with Crippen LogP contribution in [0.5, 0.6) is 11.5 Å². The van der Waals surface area contributed by atoms with Crippen molar-refractivity contribution in [2.45, 2.75) is 31.5 Å². The van der Waals surface area contributed by atoms with Crippen LogP contribution in [0.4, 0.5) is 18.9 Å². The lowest BCUT2D eigenvalue weighted by Gasteiger charge is -2.19. The van der Waals surface area contributed by atoms with E-state index < -0.39 is 23.0 Å². The number of aromatic nitrogens is 1. The summed E-state index contributed by atoms with van der Waals surface area (Å²) in [6, 6.07) is 20.8. The molecule has 0 unspecified atom stereocenters. The predicted octanol–water partition coefficient (Wildman–Crippen LogP) is 7.30. The van der Waals surface area contributed by atoms with Gasteiger partial charge in [0.05, 0.1) is 17.8 Å². The number of anilines is 1. The van der Waals surface area contributed by atoms with Crippen LogP contribution in [0, 0.1) is 13.8 Å². The highest BCUT2D eigenvalue weighted by Crippen LogP contribution is 2.35. The number of aryl methyl sites for hydroxylation is 2. The van der Waals surface area contributed by atoms with Crippen LogP contribution in [0.15, 0.2) is 82.5 Å². The van der Waals surface area contributed by atoms with Gasteiger partial charge in [0.2, 0.25) is 0 Å². The number of pyridine rings is 1. The Balaban J connectivity index is 1.76. The minimum absolute atomic E-state index is 0.0860. The van der Waals surface area contributed by atoms with Crippen molar-refractivity contribution >= 4 is 17.4 Å². The van der Waals surface area contributed by atoms with E-state index in [-0.39, 0.29) is 12.2 Å². The zero-order chi connectivity index (χ0) is 26.0. The van der Waals surface area contributed by atoms with Gasteiger partial charge >= 0.3 is 6.18 Å². The third-order valence-corrected chi connectivity index (χ3v) is 6.66. The van der Waals surface area contributed by atoms with Gasteiger partial charge < -0.3 is 15.0 Å². The maximum Gasteiger partial charge on any atom is 0.418 e. The molecule has 186 valence electrons. The molecule has 0 aliphatic heterocycles. The smallest absolute Gasteiger partial charge is 0.418 e. The fourth-order valence-electron chi connectivity index (χ4n) is 3.96. The molecule has 0 atom stereocenters. The Labute approximate surface area is 211 Å². The Bertz CT molecular complexity index is 1440. The molecule has 2 N–H and O–H groups in total. The van der Waals surface area contributed by atoms with Crippen LogP contribution >= 0.6 is 11.8 Å². The lowest BCUT2D eigenvalue weighted by Crippen LogP contribution is -2.29. The molecular formula is C28H25F3N2O2S. The van der Waals surface area contributed by atoms with Crippen molar-refractivity contribution < 1.29 is 17.9 Å². The number of rotatable bonds is 6. The van der Waals surface area contributed by atoms with Crippen LogP contribution in [0.3, 0.4) is 0 Å². The Kier molecular flexibility index (Phi) is 7.17. The second kappa shape index (κ2) is 10.1. The Morgan fingerprint density at radius 2 is 1.53 bits per heavy atom. The SMILES string of the molecule is CSc1ccc(Oc2ccc(-c3cc(C(F)(F)F)c(N)c(=O)n3Cc3ccc(C)cc3C)cc2)cc1. The summed E-state index contributed by atoms with van der Waals surface area (Å²) in [4.78, 5) is 14.2. The minimum atomic E-state index is -4.76. The van der Waals surface area contributed by atoms with Gasteiger partial charge in [0.25, 0.3) is 5.56 Å². The van der Waals surface area contributed by atoms with E-state index in [0.29, 0.717) is 17.1 Å². The molecule has 0 fully saturated rings. The van der Waals surface area contributed by atoms with E-state index in [1.165, 1.54) is 4.57 Å². The van der Waals surface area contributed by atoms with Crippen molar-refractivity contribution in [1.82, 2.24) is 4.57 Å². The van der Waals surface area contributed by atoms with Gasteiger partial charge in [-0.2, -0.15) is 13.2 Å². The summed E-state index contributed by atoms with van der Waals surface area (Å²) in [5, 5.41) is 0. The number of nitrogen functional groups attached to an aromatic ring is 1. The van der Waals surface area contributed by atoms with E-state index in [2.05, 4.69) is 0 Å². The van der Waals surface area contributed by atoms with Gasteiger partial charge in [0, 0.05) is 4.90 Å². The summed E-state index contributed by atoms with van der Waals surface area (Å²) in [6.45, 7) is 3.94. The monoisotopic (exact) mass is 510 g/mol. The van der Waals surface area contributed by atoms with Gasteiger partial charge in [-0.1, -0.05) is 23.8 Å². The Morgan fingerprint density at radius 1 is 0.917 bits per heavy atom. The number of ether oxygens (including phenoxy) is 1. The average Bonchev–Trinajstić information content (AvgIpc) is 2.84. The molecule has 1 aromatic heterocycles. The molecule has 1 heterocycles. The Morgan fingerprint density at radius 3 is 2.08 bits per heavy atom. The van der Waals surface area contributed by atoms with Gasteiger partial charge in [0.15, 0.2) is 0 Å². The topological polar surface area (TPSA) is 57.2 Å². The molecule has 8 heteroatoms. The van der Waals surface area contributed by atoms with Crippen molar-refractivity contribution in [2.24, 2.45) is 0 Å². The van der Waals surface area contributed by atoms with E-state index in [0.717, 1.165) is 27.7 Å². The maximum absolute atomic E-state index is 13.7. The predicted molar refractivity (Wildman–Crippen MR) is 139 cm³/mol. The molecule has 0 spiro atoms. The third-order valence-electron chi connectivity index (χ3n) is 5.91.